The van der Waals surface area contributed by atoms with Crippen LogP contribution < -0.4 is 14.8 Å². The summed E-state index contributed by atoms with van der Waals surface area (Å²) in [6.45, 7) is 2.86. The molecule has 34 heavy (non-hydrogen) atoms. The number of nitrogens with zero attached hydrogens (tertiary/aromatic N) is 2. The van der Waals surface area contributed by atoms with E-state index in [0.29, 0.717) is 31.1 Å². The molecule has 1 saturated heterocycles. The average molecular weight is 453 g/mol. The summed E-state index contributed by atoms with van der Waals surface area (Å²) in [5.41, 5.74) is 6.28. The van der Waals surface area contributed by atoms with Crippen LogP contribution in [-0.4, -0.2) is 42.4 Å². The number of pyridine rings is 1. The van der Waals surface area contributed by atoms with E-state index in [0.717, 1.165) is 64.2 Å². The lowest BCUT2D eigenvalue weighted by molar-refractivity contribution is 0.0254. The molecule has 1 fully saturated rings. The van der Waals surface area contributed by atoms with Crippen LogP contribution in [0.2, 0.25) is 0 Å². The number of aromatic amines is 1. The fourth-order valence-electron chi connectivity index (χ4n) is 4.59. The number of hydrogen-bond donors (Lipinski definition) is 2. The summed E-state index contributed by atoms with van der Waals surface area (Å²) >= 11 is 0. The van der Waals surface area contributed by atoms with Crippen molar-refractivity contribution < 1.29 is 14.2 Å². The lowest BCUT2D eigenvalue weighted by Gasteiger charge is -2.23. The fourth-order valence-corrected chi connectivity index (χ4v) is 4.59. The first kappa shape index (κ1) is 20.6. The highest BCUT2D eigenvalue weighted by atomic mass is 16.5. The van der Waals surface area contributed by atoms with Crippen LogP contribution in [0.1, 0.15) is 18.4 Å². The molecular weight excluding hydrogens is 428 g/mol. The number of fused-ring (bicyclic) bond motifs is 2. The van der Waals surface area contributed by atoms with Crippen LogP contribution in [0.5, 0.6) is 11.5 Å². The van der Waals surface area contributed by atoms with Crippen LogP contribution in [0.4, 0.5) is 5.69 Å². The Bertz CT molecular complexity index is 1400. The number of hydrogen-bond acceptors (Lipinski definition) is 6. The van der Waals surface area contributed by atoms with E-state index in [2.05, 4.69) is 39.6 Å². The summed E-state index contributed by atoms with van der Waals surface area (Å²) in [5.74, 6) is 1.49. The monoisotopic (exact) mass is 452 g/mol. The van der Waals surface area contributed by atoms with Crippen molar-refractivity contribution in [3.63, 3.8) is 0 Å². The van der Waals surface area contributed by atoms with Crippen molar-refractivity contribution in [1.29, 1.82) is 5.26 Å². The molecule has 2 aliphatic rings. The van der Waals surface area contributed by atoms with E-state index in [-0.39, 0.29) is 6.10 Å². The average Bonchev–Trinajstić information content (AvgIpc) is 3.34. The van der Waals surface area contributed by atoms with Gasteiger partial charge in [-0.3, -0.25) is 4.98 Å². The van der Waals surface area contributed by atoms with E-state index in [9.17, 15) is 5.26 Å². The maximum absolute atomic E-state index is 9.78. The molecule has 0 atom stereocenters. The molecule has 0 amide bonds. The third-order valence-corrected chi connectivity index (χ3v) is 6.35. The van der Waals surface area contributed by atoms with E-state index in [1.807, 2.05) is 30.3 Å². The van der Waals surface area contributed by atoms with Gasteiger partial charge >= 0.3 is 0 Å². The van der Waals surface area contributed by atoms with Crippen LogP contribution >= 0.6 is 0 Å². The zero-order chi connectivity index (χ0) is 22.9. The normalized spacial score (nSPS) is 15.7. The summed E-state index contributed by atoms with van der Waals surface area (Å²) in [6, 6.07) is 18.2. The van der Waals surface area contributed by atoms with Crippen LogP contribution in [-0.2, 0) is 4.74 Å². The van der Waals surface area contributed by atoms with Gasteiger partial charge in [0.15, 0.2) is 0 Å². The van der Waals surface area contributed by atoms with E-state index in [1.54, 1.807) is 6.20 Å². The Morgan fingerprint density at radius 2 is 1.88 bits per heavy atom. The van der Waals surface area contributed by atoms with Gasteiger partial charge in [0.1, 0.15) is 30.3 Å². The summed E-state index contributed by atoms with van der Waals surface area (Å²) in [7, 11) is 0. The van der Waals surface area contributed by atoms with Crippen LogP contribution in [0, 0.1) is 11.3 Å². The molecule has 0 bridgehead atoms. The maximum Gasteiger partial charge on any atom is 0.142 e. The van der Waals surface area contributed by atoms with Gasteiger partial charge in [-0.15, -0.1) is 0 Å². The predicted molar refractivity (Wildman–Crippen MR) is 130 cm³/mol. The number of ether oxygens (including phenoxy) is 3. The number of benzene rings is 2. The van der Waals surface area contributed by atoms with Gasteiger partial charge < -0.3 is 24.5 Å². The highest BCUT2D eigenvalue weighted by Gasteiger charge is 2.19. The van der Waals surface area contributed by atoms with Gasteiger partial charge in [-0.25, -0.2) is 0 Å². The second kappa shape index (κ2) is 8.73. The smallest absolute Gasteiger partial charge is 0.142 e. The topological polar surface area (TPSA) is 92.2 Å². The van der Waals surface area contributed by atoms with E-state index < -0.39 is 0 Å². The minimum Gasteiger partial charge on any atom is -0.490 e. The van der Waals surface area contributed by atoms with Gasteiger partial charge in [0.2, 0.25) is 0 Å². The van der Waals surface area contributed by atoms with Gasteiger partial charge in [-0.05, 0) is 48.5 Å². The van der Waals surface area contributed by atoms with Gasteiger partial charge in [-0.2, -0.15) is 5.26 Å². The molecule has 4 aromatic rings. The van der Waals surface area contributed by atoms with Crippen molar-refractivity contribution in [3.05, 3.63) is 60.3 Å². The third kappa shape index (κ3) is 3.82. The number of nitriles is 1. The van der Waals surface area contributed by atoms with Gasteiger partial charge in [0, 0.05) is 53.3 Å². The Morgan fingerprint density at radius 1 is 1.00 bits per heavy atom. The number of H-pyrrole nitrogens is 1. The first-order chi connectivity index (χ1) is 16.8. The largest absolute Gasteiger partial charge is 0.490 e. The molecule has 0 radical (unpaired) electrons. The number of anilines is 1. The molecule has 0 aliphatic carbocycles. The predicted octanol–water partition coefficient (Wildman–Crippen LogP) is 5.13. The highest BCUT2D eigenvalue weighted by Crippen LogP contribution is 2.36. The highest BCUT2D eigenvalue weighted by molar-refractivity contribution is 5.96. The number of rotatable bonds is 4. The summed E-state index contributed by atoms with van der Waals surface area (Å²) in [6.07, 6.45) is 3.55. The van der Waals surface area contributed by atoms with Crippen molar-refractivity contribution in [1.82, 2.24) is 9.97 Å². The van der Waals surface area contributed by atoms with E-state index in [1.165, 1.54) is 0 Å². The fraction of sp³-hybridized carbons (Fsp3) is 0.259. The molecule has 0 unspecified atom stereocenters. The van der Waals surface area contributed by atoms with Crippen LogP contribution in [0.25, 0.3) is 33.4 Å². The minimum absolute atomic E-state index is 0.0806. The summed E-state index contributed by atoms with van der Waals surface area (Å²) in [4.78, 5) is 8.17. The Hall–Kier alpha value is -4.02. The number of aromatic nitrogens is 2. The first-order valence-corrected chi connectivity index (χ1v) is 11.6. The Kier molecular flexibility index (Phi) is 5.28. The number of nitrogens with one attached hydrogen (secondary N) is 2. The molecule has 6 rings (SSSR count). The van der Waals surface area contributed by atoms with Crippen molar-refractivity contribution in [2.75, 3.05) is 31.7 Å². The van der Waals surface area contributed by atoms with E-state index in [4.69, 9.17) is 14.2 Å². The quantitative estimate of drug-likeness (QED) is 0.446. The van der Waals surface area contributed by atoms with Gasteiger partial charge in [0.05, 0.1) is 30.2 Å². The molecule has 2 aliphatic heterocycles. The zero-order valence-electron chi connectivity index (χ0n) is 18.6. The van der Waals surface area contributed by atoms with Crippen LogP contribution in [0.15, 0.2) is 54.7 Å². The molecule has 7 heteroatoms. The molecule has 7 nitrogen and oxygen atoms in total. The van der Waals surface area contributed by atoms with Crippen molar-refractivity contribution >= 4 is 16.6 Å². The Morgan fingerprint density at radius 3 is 2.76 bits per heavy atom. The SMILES string of the molecule is N#Cc1cc(-c2nccc3[nH]c(-c4ccc5c(c4)NCCO5)cc23)ccc1OC1CCOCC1. The van der Waals surface area contributed by atoms with Gasteiger partial charge in [0.25, 0.3) is 0 Å². The molecule has 0 spiro atoms. The molecule has 2 aromatic heterocycles. The molecule has 2 N–H and O–H groups in total. The molecule has 0 saturated carbocycles. The lowest BCUT2D eigenvalue weighted by atomic mass is 10.0. The molecule has 170 valence electrons. The second-order valence-electron chi connectivity index (χ2n) is 8.54. The Labute approximate surface area is 197 Å². The van der Waals surface area contributed by atoms with Gasteiger partial charge in [-0.1, -0.05) is 0 Å². The molecule has 2 aromatic carbocycles. The lowest BCUT2D eigenvalue weighted by Crippen LogP contribution is -2.26. The third-order valence-electron chi connectivity index (χ3n) is 6.35. The van der Waals surface area contributed by atoms with E-state index >= 15 is 0 Å². The second-order valence-corrected chi connectivity index (χ2v) is 8.54. The molecular formula is C27H24N4O3. The van der Waals surface area contributed by atoms with Crippen LogP contribution in [0.3, 0.4) is 0 Å². The minimum atomic E-state index is 0.0806. The zero-order valence-corrected chi connectivity index (χ0v) is 18.6. The maximum atomic E-state index is 9.78. The Balaban J connectivity index is 1.35. The summed E-state index contributed by atoms with van der Waals surface area (Å²) < 4.78 is 17.2. The molecule has 4 heterocycles. The van der Waals surface area contributed by atoms with Crippen molar-refractivity contribution in [2.24, 2.45) is 0 Å². The first-order valence-electron chi connectivity index (χ1n) is 11.6. The van der Waals surface area contributed by atoms with Crippen molar-refractivity contribution in [2.45, 2.75) is 18.9 Å². The standard InChI is InChI=1S/C27H24N4O3/c28-16-19-13-18(2-3-25(19)34-20-6-10-32-11-7-20)27-21-15-23(31-22(21)5-8-30-27)17-1-4-26-24(14-17)29-9-12-33-26/h1-5,8,13-15,20,29,31H,6-7,9-12H2. The van der Waals surface area contributed by atoms with Crippen molar-refractivity contribution in [3.8, 4) is 40.1 Å². The summed E-state index contributed by atoms with van der Waals surface area (Å²) in [5, 5.41) is 14.2.